The van der Waals surface area contributed by atoms with Crippen molar-refractivity contribution >= 4 is 65.3 Å². The molecule has 3 aromatic rings. The van der Waals surface area contributed by atoms with Gasteiger partial charge in [-0.2, -0.15) is 13.0 Å². The third-order valence-corrected chi connectivity index (χ3v) is 10.0. The molecule has 1 N–H and O–H groups in total. The first kappa shape index (κ1) is 29.8. The van der Waals surface area contributed by atoms with Crippen LogP contribution in [0.3, 0.4) is 0 Å². The van der Waals surface area contributed by atoms with E-state index >= 15 is 0 Å². The van der Waals surface area contributed by atoms with Gasteiger partial charge in [-0.1, -0.05) is 42.2 Å². The summed E-state index contributed by atoms with van der Waals surface area (Å²) in [5.41, 5.74) is 4.58. The average Bonchev–Trinajstić information content (AvgIpc) is 3.34. The van der Waals surface area contributed by atoms with Gasteiger partial charge in [-0.3, -0.25) is 4.55 Å². The second-order valence-electron chi connectivity index (χ2n) is 9.35. The highest BCUT2D eigenvalue weighted by atomic mass is 32.2. The maximum Gasteiger partial charge on any atom is 0.265 e. The highest BCUT2D eigenvalue weighted by molar-refractivity contribution is 8.03. The minimum Gasteiger partial charge on any atom is -0.748 e. The predicted octanol–water partition coefficient (Wildman–Crippen LogP) is 5.02. The van der Waals surface area contributed by atoms with Gasteiger partial charge in [0.05, 0.1) is 26.6 Å². The maximum atomic E-state index is 11.3. The quantitative estimate of drug-likeness (QED) is 0.239. The smallest absolute Gasteiger partial charge is 0.265 e. The van der Waals surface area contributed by atoms with Crippen LogP contribution in [0, 0.1) is 13.8 Å². The zero-order valence-corrected chi connectivity index (χ0v) is 24.9. The minimum atomic E-state index is -4.32. The first-order valence-electron chi connectivity index (χ1n) is 12.4. The fraction of sp³-hybridized carbons (Fsp3) is 0.333. The van der Waals surface area contributed by atoms with E-state index in [2.05, 4.69) is 28.9 Å². The first-order valence-corrected chi connectivity index (χ1v) is 17.2. The Morgan fingerprint density at radius 3 is 2.59 bits per heavy atom. The van der Waals surface area contributed by atoms with Crippen LogP contribution < -0.4 is 9.47 Å². The lowest BCUT2D eigenvalue weighted by atomic mass is 10.1. The van der Waals surface area contributed by atoms with Crippen molar-refractivity contribution in [3.05, 3.63) is 76.1 Å². The SMILES string of the molecule is [CH]c1ccc2c(c1)N(CCCS(=O)(=O)[O-])C(=C/C(=C/c1sc3ccc(C)cc3[n+]1CCCS(=O)(=O)O)CC)S2. The Hall–Kier alpha value is -2.22. The van der Waals surface area contributed by atoms with Gasteiger partial charge in [0.15, 0.2) is 6.54 Å². The zero-order valence-electron chi connectivity index (χ0n) is 21.7. The van der Waals surface area contributed by atoms with E-state index in [4.69, 9.17) is 6.92 Å². The van der Waals surface area contributed by atoms with Crippen LogP contribution in [0.5, 0.6) is 0 Å². The summed E-state index contributed by atoms with van der Waals surface area (Å²) < 4.78 is 68.6. The molecule has 4 rings (SSSR count). The summed E-state index contributed by atoms with van der Waals surface area (Å²) in [6.45, 7) is 10.9. The molecule has 0 saturated carbocycles. The molecule has 0 bridgehead atoms. The summed E-state index contributed by atoms with van der Waals surface area (Å²) >= 11 is 3.16. The molecule has 0 amide bonds. The molecule has 0 unspecified atom stereocenters. The number of thioether (sulfide) groups is 1. The van der Waals surface area contributed by atoms with Gasteiger partial charge in [0.2, 0.25) is 5.52 Å². The van der Waals surface area contributed by atoms with Gasteiger partial charge in [0.1, 0.15) is 4.70 Å². The molecule has 1 aliphatic rings. The van der Waals surface area contributed by atoms with E-state index in [0.717, 1.165) is 42.0 Å². The minimum absolute atomic E-state index is 0.187. The molecule has 8 nitrogen and oxygen atoms in total. The molecule has 1 aliphatic heterocycles. The van der Waals surface area contributed by atoms with Crippen molar-refractivity contribution in [3.63, 3.8) is 0 Å². The number of anilines is 1. The number of aromatic nitrogens is 1. The normalized spacial score (nSPS) is 15.5. The fourth-order valence-corrected chi connectivity index (χ4v) is 7.64. The molecule has 2 heterocycles. The number of hydrogen-bond donors (Lipinski definition) is 1. The van der Waals surface area contributed by atoms with E-state index in [1.54, 1.807) is 23.1 Å². The summed E-state index contributed by atoms with van der Waals surface area (Å²) in [7, 11) is -8.38. The van der Waals surface area contributed by atoms with Gasteiger partial charge in [-0.15, -0.1) is 0 Å². The molecule has 39 heavy (non-hydrogen) atoms. The van der Waals surface area contributed by atoms with Crippen molar-refractivity contribution in [2.75, 3.05) is 23.0 Å². The van der Waals surface area contributed by atoms with E-state index in [0.29, 0.717) is 25.1 Å². The Morgan fingerprint density at radius 2 is 1.90 bits per heavy atom. The van der Waals surface area contributed by atoms with Gasteiger partial charge >= 0.3 is 0 Å². The standard InChI is InChI=1S/C27H30N2O6S4/c1-4-21(17-26-28(11-5-13-38(30,31)32)22-15-19(2)7-9-24(22)36-26)18-27-29(12-6-14-39(33,34)35)23-16-20(3)8-10-25(23)37-27/h2,7-10,15-18H,4-6,11-14H2,1,3H3,(H-,30,31,32,33,34,35). The lowest BCUT2D eigenvalue weighted by molar-refractivity contribution is -0.668. The van der Waals surface area contributed by atoms with Gasteiger partial charge in [0, 0.05) is 35.8 Å². The molecule has 12 heteroatoms. The number of fused-ring (bicyclic) bond motifs is 2. The van der Waals surface area contributed by atoms with Crippen LogP contribution in [0.25, 0.3) is 16.3 Å². The highest BCUT2D eigenvalue weighted by Gasteiger charge is 2.26. The van der Waals surface area contributed by atoms with E-state index in [-0.39, 0.29) is 18.6 Å². The molecular formula is C27H30N2O6S4. The van der Waals surface area contributed by atoms with E-state index in [1.165, 1.54) is 0 Å². The summed E-state index contributed by atoms with van der Waals surface area (Å²) in [5.74, 6) is -0.761. The molecular weight excluding hydrogens is 577 g/mol. The fourth-order valence-electron chi connectivity index (χ4n) is 4.37. The number of nitrogens with zero attached hydrogens (tertiary/aromatic N) is 2. The lowest BCUT2D eigenvalue weighted by Crippen LogP contribution is -2.36. The number of aryl methyl sites for hydroxylation is 2. The van der Waals surface area contributed by atoms with Crippen molar-refractivity contribution in [1.29, 1.82) is 0 Å². The average molecular weight is 607 g/mol. The Balaban J connectivity index is 1.71. The van der Waals surface area contributed by atoms with Crippen LogP contribution in [-0.4, -0.2) is 44.0 Å². The Bertz CT molecular complexity index is 1660. The summed E-state index contributed by atoms with van der Waals surface area (Å²) in [6, 6.07) is 11.8. The molecule has 0 aliphatic carbocycles. The lowest BCUT2D eigenvalue weighted by Gasteiger charge is -2.21. The zero-order chi connectivity index (χ0) is 28.4. The Morgan fingerprint density at radius 1 is 1.13 bits per heavy atom. The van der Waals surface area contributed by atoms with Gasteiger partial charge in [-0.05, 0) is 67.7 Å². The predicted molar refractivity (Wildman–Crippen MR) is 156 cm³/mol. The number of benzene rings is 2. The molecule has 0 saturated heterocycles. The van der Waals surface area contributed by atoms with Gasteiger partial charge in [0.25, 0.3) is 15.1 Å². The largest absolute Gasteiger partial charge is 0.748 e. The van der Waals surface area contributed by atoms with Crippen LogP contribution in [0.2, 0.25) is 0 Å². The van der Waals surface area contributed by atoms with Gasteiger partial charge in [-0.25, -0.2) is 8.42 Å². The summed E-state index contributed by atoms with van der Waals surface area (Å²) in [4.78, 5) is 2.99. The Labute approximate surface area is 238 Å². The number of allylic oxidation sites excluding steroid dienone is 2. The van der Waals surface area contributed by atoms with E-state index in [9.17, 15) is 25.9 Å². The molecule has 0 atom stereocenters. The number of thiazole rings is 1. The summed E-state index contributed by atoms with van der Waals surface area (Å²) in [5, 5.41) is 1.86. The van der Waals surface area contributed by atoms with Crippen molar-refractivity contribution in [1.82, 2.24) is 0 Å². The molecule has 2 radical (unpaired) electrons. The third kappa shape index (κ3) is 7.92. The second kappa shape index (κ2) is 12.1. The third-order valence-electron chi connectivity index (χ3n) is 6.23. The molecule has 208 valence electrons. The van der Waals surface area contributed by atoms with Crippen molar-refractivity contribution in [2.45, 2.75) is 44.6 Å². The topological polar surface area (TPSA) is 119 Å². The van der Waals surface area contributed by atoms with Crippen molar-refractivity contribution in [3.8, 4) is 0 Å². The molecule has 0 spiro atoms. The summed E-state index contributed by atoms with van der Waals surface area (Å²) in [6.07, 6.45) is 5.31. The highest BCUT2D eigenvalue weighted by Crippen LogP contribution is 2.47. The van der Waals surface area contributed by atoms with Crippen LogP contribution >= 0.6 is 23.1 Å². The monoisotopic (exact) mass is 606 g/mol. The van der Waals surface area contributed by atoms with Crippen molar-refractivity contribution < 1.29 is 30.5 Å². The van der Waals surface area contributed by atoms with Crippen LogP contribution in [0.1, 0.15) is 42.3 Å². The van der Waals surface area contributed by atoms with Gasteiger partial charge < -0.3 is 9.45 Å². The number of rotatable bonds is 11. The molecule has 1 aromatic heterocycles. The maximum absolute atomic E-state index is 11.3. The Kier molecular flexibility index (Phi) is 9.24. The number of hydrogen-bond acceptors (Lipinski definition) is 8. The van der Waals surface area contributed by atoms with Crippen LogP contribution in [0.4, 0.5) is 5.69 Å². The molecule has 0 fully saturated rings. The van der Waals surface area contributed by atoms with E-state index < -0.39 is 26.0 Å². The second-order valence-corrected chi connectivity index (χ2v) is 14.6. The van der Waals surface area contributed by atoms with Crippen LogP contribution in [0.15, 0.2) is 58.0 Å². The van der Waals surface area contributed by atoms with Crippen LogP contribution in [-0.2, 0) is 26.8 Å². The molecule has 2 aromatic carbocycles. The van der Waals surface area contributed by atoms with Crippen molar-refractivity contribution in [2.24, 2.45) is 0 Å². The first-order chi connectivity index (χ1) is 18.3. The van der Waals surface area contributed by atoms with E-state index in [1.807, 2.05) is 43.0 Å².